The fourth-order valence-electron chi connectivity index (χ4n) is 8.85. The lowest BCUT2D eigenvalue weighted by atomic mass is 9.98. The number of aliphatic hydroxyl groups is 7. The second-order valence-corrected chi connectivity index (χ2v) is 19.3. The van der Waals surface area contributed by atoms with Crippen molar-refractivity contribution in [1.29, 1.82) is 0 Å². The van der Waals surface area contributed by atoms with E-state index >= 15 is 0 Å². The molecule has 1 rings (SSSR count). The van der Waals surface area contributed by atoms with Gasteiger partial charge < -0.3 is 50.5 Å². The van der Waals surface area contributed by atoms with E-state index in [0.29, 0.717) is 19.3 Å². The largest absolute Gasteiger partial charge is 0.394 e. The van der Waals surface area contributed by atoms with Crippen molar-refractivity contribution in [3.05, 3.63) is 12.2 Å². The lowest BCUT2D eigenvalue weighted by Gasteiger charge is -2.40. The molecule has 0 saturated carbocycles. The molecule has 1 heterocycles. The number of ether oxygens (including phenoxy) is 2. The number of rotatable bonds is 46. The third kappa shape index (κ3) is 31.8. The normalized spacial score (nSPS) is 21.0. The minimum absolute atomic E-state index is 0.263. The predicted octanol–water partition coefficient (Wildman–Crippen LogP) is 10.4. The van der Waals surface area contributed by atoms with E-state index in [1.165, 1.54) is 161 Å². The van der Waals surface area contributed by atoms with E-state index in [0.717, 1.165) is 51.4 Å². The molecule has 0 aromatic heterocycles. The van der Waals surface area contributed by atoms with Gasteiger partial charge in [0.2, 0.25) is 5.91 Å². The van der Waals surface area contributed by atoms with Crippen LogP contribution in [-0.2, 0) is 14.3 Å². The number of nitrogens with one attached hydrogen (secondary N) is 1. The summed E-state index contributed by atoms with van der Waals surface area (Å²) < 4.78 is 11.0. The van der Waals surface area contributed by atoms with Gasteiger partial charge in [-0.3, -0.25) is 4.79 Å². The quantitative estimate of drug-likeness (QED) is 0.0216. The first-order chi connectivity index (χ1) is 31.2. The summed E-state index contributed by atoms with van der Waals surface area (Å²) in [4.78, 5) is 13.0. The zero-order chi connectivity index (χ0) is 46.9. The van der Waals surface area contributed by atoms with Crippen LogP contribution in [0, 0.1) is 0 Å². The van der Waals surface area contributed by atoms with Crippen LogP contribution < -0.4 is 5.32 Å². The SMILES string of the molecule is CCCCCCCCCCCCCC/C=C\CCCCCCCCCCCCCCCCCC(O)C(=O)NC(COC1OC(CO)C(O)C(O)C1O)C(O)C(O)CCCCCCCC. The van der Waals surface area contributed by atoms with Crippen LogP contribution in [-0.4, -0.2) is 110 Å². The summed E-state index contributed by atoms with van der Waals surface area (Å²) in [5.74, 6) is -0.698. The summed E-state index contributed by atoms with van der Waals surface area (Å²) in [7, 11) is 0. The molecule has 0 spiro atoms. The van der Waals surface area contributed by atoms with Gasteiger partial charge in [0.25, 0.3) is 0 Å². The number of hydrogen-bond donors (Lipinski definition) is 8. The van der Waals surface area contributed by atoms with Crippen LogP contribution >= 0.6 is 0 Å². The highest BCUT2D eigenvalue weighted by atomic mass is 16.7. The first-order valence-corrected chi connectivity index (χ1v) is 27.1. The van der Waals surface area contributed by atoms with Crippen molar-refractivity contribution in [1.82, 2.24) is 5.32 Å². The minimum Gasteiger partial charge on any atom is -0.394 e. The highest BCUT2D eigenvalue weighted by Crippen LogP contribution is 2.23. The summed E-state index contributed by atoms with van der Waals surface area (Å²) in [5.41, 5.74) is 0. The van der Waals surface area contributed by atoms with E-state index in [2.05, 4.69) is 31.3 Å². The van der Waals surface area contributed by atoms with Gasteiger partial charge >= 0.3 is 0 Å². The van der Waals surface area contributed by atoms with E-state index in [-0.39, 0.29) is 6.42 Å². The number of allylic oxidation sites excluding steroid dienone is 2. The first-order valence-electron chi connectivity index (χ1n) is 27.1. The third-order valence-corrected chi connectivity index (χ3v) is 13.3. The summed E-state index contributed by atoms with van der Waals surface area (Å²) in [6.45, 7) is 3.38. The van der Waals surface area contributed by atoms with Crippen molar-refractivity contribution >= 4 is 5.91 Å². The molecule has 1 aliphatic rings. The van der Waals surface area contributed by atoms with Gasteiger partial charge in [-0.15, -0.1) is 0 Å². The Bertz CT molecular complexity index is 1050. The van der Waals surface area contributed by atoms with Crippen molar-refractivity contribution in [3.8, 4) is 0 Å². The molecule has 11 heteroatoms. The Morgan fingerprint density at radius 3 is 1.31 bits per heavy atom. The van der Waals surface area contributed by atoms with E-state index in [9.17, 15) is 40.5 Å². The highest BCUT2D eigenvalue weighted by molar-refractivity contribution is 5.80. The van der Waals surface area contributed by atoms with Gasteiger partial charge in [-0.05, 0) is 38.5 Å². The van der Waals surface area contributed by atoms with E-state index in [1.807, 2.05) is 0 Å². The summed E-state index contributed by atoms with van der Waals surface area (Å²) >= 11 is 0. The molecular weight excluding hydrogens is 811 g/mol. The fraction of sp³-hybridized carbons (Fsp3) is 0.943. The van der Waals surface area contributed by atoms with E-state index < -0.39 is 74.2 Å². The fourth-order valence-corrected chi connectivity index (χ4v) is 8.85. The van der Waals surface area contributed by atoms with Gasteiger partial charge in [0.05, 0.1) is 25.4 Å². The van der Waals surface area contributed by atoms with Gasteiger partial charge in [-0.1, -0.05) is 225 Å². The molecule has 1 fully saturated rings. The number of hydrogen-bond acceptors (Lipinski definition) is 10. The molecule has 0 aromatic carbocycles. The van der Waals surface area contributed by atoms with E-state index in [1.54, 1.807) is 0 Å². The molecule has 9 unspecified atom stereocenters. The summed E-state index contributed by atoms with van der Waals surface area (Å²) in [6.07, 6.45) is 37.7. The van der Waals surface area contributed by atoms with Gasteiger partial charge in [0, 0.05) is 0 Å². The minimum atomic E-state index is -1.66. The average Bonchev–Trinajstić information content (AvgIpc) is 3.29. The van der Waals surface area contributed by atoms with Crippen LogP contribution in [0.1, 0.15) is 251 Å². The van der Waals surface area contributed by atoms with Gasteiger partial charge in [-0.25, -0.2) is 0 Å². The lowest BCUT2D eigenvalue weighted by Crippen LogP contribution is -2.60. The van der Waals surface area contributed by atoms with Gasteiger partial charge in [-0.2, -0.15) is 0 Å². The Labute approximate surface area is 392 Å². The Hall–Kier alpha value is -1.15. The molecular formula is C53H103NO10. The molecule has 1 amide bonds. The van der Waals surface area contributed by atoms with Crippen molar-refractivity contribution in [2.45, 2.75) is 306 Å². The zero-order valence-electron chi connectivity index (χ0n) is 41.3. The number of carbonyl (C=O) groups is 1. The van der Waals surface area contributed by atoms with Crippen LogP contribution in [0.15, 0.2) is 12.2 Å². The maximum atomic E-state index is 13.0. The molecule has 380 valence electrons. The first kappa shape index (κ1) is 60.9. The van der Waals surface area contributed by atoms with Crippen LogP contribution in [0.2, 0.25) is 0 Å². The van der Waals surface area contributed by atoms with E-state index in [4.69, 9.17) is 9.47 Å². The zero-order valence-corrected chi connectivity index (χ0v) is 41.3. The molecule has 0 aliphatic carbocycles. The molecule has 1 aliphatic heterocycles. The Kier molecular flexibility index (Phi) is 41.0. The maximum Gasteiger partial charge on any atom is 0.249 e. The smallest absolute Gasteiger partial charge is 0.249 e. The number of carbonyl (C=O) groups excluding carboxylic acids is 1. The molecule has 0 radical (unpaired) electrons. The Balaban J connectivity index is 2.12. The predicted molar refractivity (Wildman–Crippen MR) is 261 cm³/mol. The topological polar surface area (TPSA) is 189 Å². The van der Waals surface area contributed by atoms with Gasteiger partial charge in [0.1, 0.15) is 36.6 Å². The summed E-state index contributed by atoms with van der Waals surface area (Å²) in [6, 6.07) is -1.16. The molecule has 0 bridgehead atoms. The molecule has 64 heavy (non-hydrogen) atoms. The van der Waals surface area contributed by atoms with Crippen LogP contribution in [0.3, 0.4) is 0 Å². The average molecular weight is 914 g/mol. The second kappa shape index (κ2) is 43.2. The van der Waals surface area contributed by atoms with Crippen LogP contribution in [0.4, 0.5) is 0 Å². The Morgan fingerprint density at radius 2 is 0.906 bits per heavy atom. The maximum absolute atomic E-state index is 13.0. The standard InChI is InChI=1S/C53H103NO10/c1-3-5-7-9-11-12-13-14-15-16-17-18-19-20-21-22-23-24-25-26-27-28-29-30-31-32-33-34-35-37-39-41-46(57)52(62)54-44(48(58)45(56)40-38-36-10-8-6-4-2)43-63-53-51(61)50(60)49(59)47(42-55)64-53/h20-21,44-51,53,55-61H,3-19,22-43H2,1-2H3,(H,54,62)/b21-20-. The van der Waals surface area contributed by atoms with Gasteiger partial charge in [0.15, 0.2) is 6.29 Å². The lowest BCUT2D eigenvalue weighted by molar-refractivity contribution is -0.303. The molecule has 1 saturated heterocycles. The monoisotopic (exact) mass is 914 g/mol. The number of unbranched alkanes of at least 4 members (excludes halogenated alkanes) is 32. The summed E-state index contributed by atoms with van der Waals surface area (Å²) in [5, 5.41) is 75.3. The number of amides is 1. The van der Waals surface area contributed by atoms with Crippen molar-refractivity contribution in [2.75, 3.05) is 13.2 Å². The van der Waals surface area contributed by atoms with Crippen LogP contribution in [0.5, 0.6) is 0 Å². The highest BCUT2D eigenvalue weighted by Gasteiger charge is 2.44. The molecule has 8 N–H and O–H groups in total. The van der Waals surface area contributed by atoms with Crippen molar-refractivity contribution in [3.63, 3.8) is 0 Å². The second-order valence-electron chi connectivity index (χ2n) is 19.3. The van der Waals surface area contributed by atoms with Crippen molar-refractivity contribution in [2.24, 2.45) is 0 Å². The molecule has 9 atom stereocenters. The molecule has 0 aromatic rings. The third-order valence-electron chi connectivity index (χ3n) is 13.3. The number of aliphatic hydroxyl groups excluding tert-OH is 7. The van der Waals surface area contributed by atoms with Crippen molar-refractivity contribution < 1.29 is 50.0 Å². The Morgan fingerprint density at radius 1 is 0.531 bits per heavy atom. The van der Waals surface area contributed by atoms with Crippen LogP contribution in [0.25, 0.3) is 0 Å². The molecule has 11 nitrogen and oxygen atoms in total.